The lowest BCUT2D eigenvalue weighted by Gasteiger charge is -2.14. The summed E-state index contributed by atoms with van der Waals surface area (Å²) >= 11 is 0. The number of hydrogen-bond donors (Lipinski definition) is 2. The third kappa shape index (κ3) is 3.33. The van der Waals surface area contributed by atoms with Gasteiger partial charge in [-0.05, 0) is 46.4 Å². The van der Waals surface area contributed by atoms with Crippen molar-refractivity contribution in [2.24, 2.45) is 0 Å². The van der Waals surface area contributed by atoms with Gasteiger partial charge in [-0.25, -0.2) is 0 Å². The highest BCUT2D eigenvalue weighted by Gasteiger charge is 2.11. The summed E-state index contributed by atoms with van der Waals surface area (Å²) in [4.78, 5) is 11.4. The van der Waals surface area contributed by atoms with Crippen LogP contribution in [0.5, 0.6) is 0 Å². The number of carbonyl (C=O) groups excluding carboxylic acids is 1. The molecule has 2 N–H and O–H groups in total. The van der Waals surface area contributed by atoms with Crippen molar-refractivity contribution in [1.82, 2.24) is 15.2 Å². The second-order valence-electron chi connectivity index (χ2n) is 4.67. The van der Waals surface area contributed by atoms with E-state index in [0.29, 0.717) is 19.1 Å². The molecule has 4 nitrogen and oxygen atoms in total. The molecule has 1 amide bonds. The summed E-state index contributed by atoms with van der Waals surface area (Å²) < 4.78 is 2.29. The van der Waals surface area contributed by atoms with E-state index in [1.54, 1.807) is 7.05 Å². The van der Waals surface area contributed by atoms with Gasteiger partial charge in [-0.1, -0.05) is 0 Å². The summed E-state index contributed by atoms with van der Waals surface area (Å²) in [5.74, 6) is 0.0295. The van der Waals surface area contributed by atoms with Crippen LogP contribution in [0.3, 0.4) is 0 Å². The van der Waals surface area contributed by atoms with Crippen LogP contribution in [-0.4, -0.2) is 24.1 Å². The molecule has 0 aliphatic heterocycles. The van der Waals surface area contributed by atoms with Gasteiger partial charge in [0.05, 0.1) is 6.54 Å². The van der Waals surface area contributed by atoms with Gasteiger partial charge in [0.2, 0.25) is 5.91 Å². The molecule has 0 aliphatic carbocycles. The van der Waals surface area contributed by atoms with Gasteiger partial charge in [0.15, 0.2) is 0 Å². The molecule has 0 saturated carbocycles. The molecule has 17 heavy (non-hydrogen) atoms. The predicted octanol–water partition coefficient (Wildman–Crippen LogP) is 1.52. The Morgan fingerprint density at radius 3 is 2.53 bits per heavy atom. The molecule has 4 heteroatoms. The number of carbonyl (C=O) groups is 1. The van der Waals surface area contributed by atoms with E-state index in [4.69, 9.17) is 0 Å². The van der Waals surface area contributed by atoms with Crippen LogP contribution in [0, 0.1) is 13.8 Å². The summed E-state index contributed by atoms with van der Waals surface area (Å²) in [6.07, 6.45) is 0. The fourth-order valence-corrected chi connectivity index (χ4v) is 2.24. The number of nitrogens with one attached hydrogen (secondary N) is 2. The Bertz CT molecular complexity index is 394. The lowest BCUT2D eigenvalue weighted by Crippen LogP contribution is -2.31. The molecule has 96 valence electrons. The van der Waals surface area contributed by atoms with Crippen molar-refractivity contribution in [2.45, 2.75) is 40.3 Å². The average molecular weight is 237 g/mol. The molecule has 0 radical (unpaired) electrons. The number of hydrogen-bond acceptors (Lipinski definition) is 2. The first-order chi connectivity index (χ1) is 7.97. The minimum atomic E-state index is 0.0295. The highest BCUT2D eigenvalue weighted by atomic mass is 16.1. The molecule has 0 saturated heterocycles. The lowest BCUT2D eigenvalue weighted by atomic mass is 10.2. The van der Waals surface area contributed by atoms with Gasteiger partial charge in [-0.15, -0.1) is 0 Å². The molecule has 0 spiro atoms. The summed E-state index contributed by atoms with van der Waals surface area (Å²) in [7, 11) is 1.77. The molecule has 0 aliphatic rings. The van der Waals surface area contributed by atoms with Gasteiger partial charge in [0.1, 0.15) is 0 Å². The number of rotatable bonds is 5. The van der Waals surface area contributed by atoms with Crippen LogP contribution in [0.15, 0.2) is 6.07 Å². The smallest absolute Gasteiger partial charge is 0.234 e. The SMILES string of the molecule is CNCC(=O)NCc1cc(C)n(C(C)C)c1C. The van der Waals surface area contributed by atoms with E-state index in [1.165, 1.54) is 17.0 Å². The molecule has 0 bridgehead atoms. The fourth-order valence-electron chi connectivity index (χ4n) is 2.24. The molecular formula is C13H23N3O. The third-order valence-electron chi connectivity index (χ3n) is 2.92. The van der Waals surface area contributed by atoms with Crippen LogP contribution in [0.1, 0.15) is 36.8 Å². The van der Waals surface area contributed by atoms with Crippen molar-refractivity contribution >= 4 is 5.91 Å². The maximum Gasteiger partial charge on any atom is 0.234 e. The number of amides is 1. The standard InChI is InChI=1S/C13H23N3O/c1-9(2)16-10(3)6-12(11(16)4)7-15-13(17)8-14-5/h6,9,14H,7-8H2,1-5H3,(H,15,17). The van der Waals surface area contributed by atoms with Crippen molar-refractivity contribution < 1.29 is 4.79 Å². The molecule has 1 aromatic rings. The Morgan fingerprint density at radius 1 is 1.41 bits per heavy atom. The topological polar surface area (TPSA) is 46.1 Å². The van der Waals surface area contributed by atoms with E-state index >= 15 is 0 Å². The maximum absolute atomic E-state index is 11.4. The lowest BCUT2D eigenvalue weighted by molar-refractivity contribution is -0.120. The summed E-state index contributed by atoms with van der Waals surface area (Å²) in [6, 6.07) is 2.60. The molecule has 0 atom stereocenters. The van der Waals surface area contributed by atoms with Crippen LogP contribution in [0.4, 0.5) is 0 Å². The van der Waals surface area contributed by atoms with E-state index in [0.717, 1.165) is 0 Å². The Labute approximate surface area is 103 Å². The van der Waals surface area contributed by atoms with Crippen LogP contribution < -0.4 is 10.6 Å². The number of likely N-dealkylation sites (N-methyl/N-ethyl adjacent to an activating group) is 1. The minimum Gasteiger partial charge on any atom is -0.351 e. The first-order valence-corrected chi connectivity index (χ1v) is 6.06. The average Bonchev–Trinajstić information content (AvgIpc) is 2.51. The van der Waals surface area contributed by atoms with E-state index in [-0.39, 0.29) is 5.91 Å². The number of aryl methyl sites for hydroxylation is 1. The Balaban J connectivity index is 2.73. The summed E-state index contributed by atoms with van der Waals surface area (Å²) in [5, 5.41) is 5.74. The highest BCUT2D eigenvalue weighted by molar-refractivity contribution is 5.77. The zero-order valence-electron chi connectivity index (χ0n) is 11.4. The maximum atomic E-state index is 11.4. The Kier molecular flexibility index (Phi) is 4.75. The van der Waals surface area contributed by atoms with Crippen molar-refractivity contribution in [3.8, 4) is 0 Å². The van der Waals surface area contributed by atoms with Gasteiger partial charge >= 0.3 is 0 Å². The van der Waals surface area contributed by atoms with Crippen molar-refractivity contribution in [2.75, 3.05) is 13.6 Å². The molecular weight excluding hydrogens is 214 g/mol. The molecule has 0 aromatic carbocycles. The molecule has 0 fully saturated rings. The van der Waals surface area contributed by atoms with Gasteiger partial charge < -0.3 is 15.2 Å². The molecule has 1 heterocycles. The monoisotopic (exact) mass is 237 g/mol. The Morgan fingerprint density at radius 2 is 2.06 bits per heavy atom. The largest absolute Gasteiger partial charge is 0.351 e. The van der Waals surface area contributed by atoms with Crippen molar-refractivity contribution in [3.05, 3.63) is 23.0 Å². The van der Waals surface area contributed by atoms with Crippen molar-refractivity contribution in [1.29, 1.82) is 0 Å². The van der Waals surface area contributed by atoms with E-state index < -0.39 is 0 Å². The van der Waals surface area contributed by atoms with Crippen LogP contribution in [0.2, 0.25) is 0 Å². The second kappa shape index (κ2) is 5.87. The first kappa shape index (κ1) is 13.8. The third-order valence-corrected chi connectivity index (χ3v) is 2.92. The number of nitrogens with zero attached hydrogens (tertiary/aromatic N) is 1. The van der Waals surface area contributed by atoms with Gasteiger partial charge in [0.25, 0.3) is 0 Å². The van der Waals surface area contributed by atoms with E-state index in [1.807, 2.05) is 0 Å². The summed E-state index contributed by atoms with van der Waals surface area (Å²) in [6.45, 7) is 9.51. The predicted molar refractivity (Wildman–Crippen MR) is 70.1 cm³/mol. The minimum absolute atomic E-state index is 0.0295. The Hall–Kier alpha value is -1.29. The summed E-state index contributed by atoms with van der Waals surface area (Å²) in [5.41, 5.74) is 3.68. The van der Waals surface area contributed by atoms with Gasteiger partial charge in [-0.3, -0.25) is 4.79 Å². The molecule has 0 unspecified atom stereocenters. The highest BCUT2D eigenvalue weighted by Crippen LogP contribution is 2.19. The normalized spacial score (nSPS) is 10.9. The van der Waals surface area contributed by atoms with Crippen LogP contribution >= 0.6 is 0 Å². The quantitative estimate of drug-likeness (QED) is 0.815. The van der Waals surface area contributed by atoms with Gasteiger partial charge in [0, 0.05) is 24.0 Å². The fraction of sp³-hybridized carbons (Fsp3) is 0.615. The van der Waals surface area contributed by atoms with Crippen LogP contribution in [-0.2, 0) is 11.3 Å². The molecule has 1 aromatic heterocycles. The van der Waals surface area contributed by atoms with Gasteiger partial charge in [-0.2, -0.15) is 0 Å². The first-order valence-electron chi connectivity index (χ1n) is 6.06. The zero-order chi connectivity index (χ0) is 13.0. The second-order valence-corrected chi connectivity index (χ2v) is 4.67. The molecule has 1 rings (SSSR count). The number of aromatic nitrogens is 1. The van der Waals surface area contributed by atoms with E-state index in [9.17, 15) is 4.79 Å². The van der Waals surface area contributed by atoms with Crippen LogP contribution in [0.25, 0.3) is 0 Å². The van der Waals surface area contributed by atoms with E-state index in [2.05, 4.69) is 49.0 Å². The van der Waals surface area contributed by atoms with Crippen molar-refractivity contribution in [3.63, 3.8) is 0 Å². The zero-order valence-corrected chi connectivity index (χ0v) is 11.4.